The van der Waals surface area contributed by atoms with E-state index in [2.05, 4.69) is 22.0 Å². The monoisotopic (exact) mass is 414 g/mol. The van der Waals surface area contributed by atoms with Gasteiger partial charge in [0.1, 0.15) is 11.9 Å². The lowest BCUT2D eigenvalue weighted by atomic mass is 10.1. The fourth-order valence-electron chi connectivity index (χ4n) is 3.37. The number of unbranched alkanes of at least 4 members (excludes halogenated alkanes) is 1. The first-order valence-corrected chi connectivity index (χ1v) is 10.6. The number of carbonyl (C=O) groups is 1. The lowest BCUT2D eigenvalue weighted by Crippen LogP contribution is -2.53. The second-order valence-corrected chi connectivity index (χ2v) is 8.53. The zero-order chi connectivity index (χ0) is 18.7. The van der Waals surface area contributed by atoms with Crippen LogP contribution in [0.4, 0.5) is 0 Å². The molecule has 0 aliphatic carbocycles. The van der Waals surface area contributed by atoms with E-state index in [9.17, 15) is 13.2 Å². The van der Waals surface area contributed by atoms with Crippen LogP contribution in [0.1, 0.15) is 38.7 Å². The molecule has 7 nitrogen and oxygen atoms in total. The Morgan fingerprint density at radius 2 is 2.11 bits per heavy atom. The maximum atomic E-state index is 13.0. The zero-order valence-electron chi connectivity index (χ0n) is 15.6. The third kappa shape index (κ3) is 4.80. The SMILES string of the molecule is CCCCC(N=C1NS(=O)(=O)c2ccccc21)C(=O)N1CCNC(C)C1.Cl. The van der Waals surface area contributed by atoms with Gasteiger partial charge in [0, 0.05) is 31.2 Å². The number of carbonyl (C=O) groups excluding carboxylic acids is 1. The minimum absolute atomic E-state index is 0. The number of benzene rings is 1. The molecule has 27 heavy (non-hydrogen) atoms. The molecule has 1 saturated heterocycles. The molecule has 2 atom stereocenters. The Kier molecular flexibility index (Phi) is 7.25. The van der Waals surface area contributed by atoms with Crippen molar-refractivity contribution in [1.29, 1.82) is 0 Å². The third-order valence-electron chi connectivity index (χ3n) is 4.74. The maximum Gasteiger partial charge on any atom is 0.263 e. The van der Waals surface area contributed by atoms with Gasteiger partial charge >= 0.3 is 0 Å². The van der Waals surface area contributed by atoms with E-state index in [4.69, 9.17) is 0 Å². The number of piperazine rings is 1. The first-order valence-electron chi connectivity index (χ1n) is 9.14. The number of nitrogens with zero attached hydrogens (tertiary/aromatic N) is 2. The Bertz CT molecular complexity index is 813. The van der Waals surface area contributed by atoms with Crippen LogP contribution >= 0.6 is 12.4 Å². The summed E-state index contributed by atoms with van der Waals surface area (Å²) < 4.78 is 27.1. The first kappa shape index (κ1) is 21.7. The van der Waals surface area contributed by atoms with Crippen molar-refractivity contribution in [3.05, 3.63) is 29.8 Å². The highest BCUT2D eigenvalue weighted by atomic mass is 35.5. The fraction of sp³-hybridized carbons (Fsp3) is 0.556. The summed E-state index contributed by atoms with van der Waals surface area (Å²) in [6.45, 7) is 6.18. The molecule has 1 amide bonds. The van der Waals surface area contributed by atoms with Crippen LogP contribution in [-0.4, -0.2) is 56.8 Å². The van der Waals surface area contributed by atoms with E-state index < -0.39 is 16.1 Å². The Balaban J connectivity index is 0.00000261. The molecule has 150 valence electrons. The van der Waals surface area contributed by atoms with Crippen molar-refractivity contribution in [2.45, 2.75) is 50.1 Å². The van der Waals surface area contributed by atoms with Gasteiger partial charge in [-0.15, -0.1) is 12.4 Å². The summed E-state index contributed by atoms with van der Waals surface area (Å²) in [5.41, 5.74) is 0.537. The summed E-state index contributed by atoms with van der Waals surface area (Å²) in [6, 6.07) is 6.42. The smallest absolute Gasteiger partial charge is 0.263 e. The quantitative estimate of drug-likeness (QED) is 0.764. The number of rotatable bonds is 5. The number of hydrogen-bond acceptors (Lipinski definition) is 5. The predicted molar refractivity (Wildman–Crippen MR) is 108 cm³/mol. The van der Waals surface area contributed by atoms with Crippen LogP contribution in [-0.2, 0) is 14.8 Å². The second kappa shape index (κ2) is 9.03. The minimum Gasteiger partial charge on any atom is -0.338 e. The highest BCUT2D eigenvalue weighted by molar-refractivity contribution is 7.90. The number of aliphatic imine (C=N–C) groups is 1. The Morgan fingerprint density at radius 1 is 1.37 bits per heavy atom. The van der Waals surface area contributed by atoms with Crippen LogP contribution in [0.2, 0.25) is 0 Å². The molecule has 0 radical (unpaired) electrons. The van der Waals surface area contributed by atoms with Gasteiger partial charge in [-0.1, -0.05) is 31.9 Å². The lowest BCUT2D eigenvalue weighted by Gasteiger charge is -2.33. The summed E-state index contributed by atoms with van der Waals surface area (Å²) in [4.78, 5) is 19.6. The molecule has 3 rings (SSSR count). The highest BCUT2D eigenvalue weighted by Gasteiger charge is 2.33. The van der Waals surface area contributed by atoms with Crippen molar-refractivity contribution in [3.63, 3.8) is 0 Å². The molecule has 1 aromatic rings. The average Bonchev–Trinajstić information content (AvgIpc) is 2.89. The van der Waals surface area contributed by atoms with Gasteiger partial charge < -0.3 is 10.2 Å². The number of sulfonamides is 1. The van der Waals surface area contributed by atoms with Crippen LogP contribution in [0, 0.1) is 0 Å². The number of halogens is 1. The van der Waals surface area contributed by atoms with Crippen LogP contribution in [0.3, 0.4) is 0 Å². The molecule has 9 heteroatoms. The van der Waals surface area contributed by atoms with Gasteiger partial charge in [0.25, 0.3) is 10.0 Å². The van der Waals surface area contributed by atoms with Gasteiger partial charge in [0.05, 0.1) is 4.90 Å². The molecule has 0 bridgehead atoms. The van der Waals surface area contributed by atoms with E-state index in [0.717, 1.165) is 19.4 Å². The van der Waals surface area contributed by atoms with Crippen molar-refractivity contribution in [1.82, 2.24) is 14.9 Å². The molecule has 1 fully saturated rings. The minimum atomic E-state index is -3.60. The van der Waals surface area contributed by atoms with Crippen LogP contribution in [0.5, 0.6) is 0 Å². The Labute approximate surface area is 167 Å². The number of hydrogen-bond donors (Lipinski definition) is 2. The normalized spacial score (nSPS) is 23.3. The summed E-state index contributed by atoms with van der Waals surface area (Å²) in [7, 11) is -3.60. The number of fused-ring (bicyclic) bond motifs is 1. The molecule has 2 unspecified atom stereocenters. The van der Waals surface area contributed by atoms with Gasteiger partial charge in [-0.2, -0.15) is 0 Å². The molecule has 2 aliphatic heterocycles. The van der Waals surface area contributed by atoms with Crippen molar-refractivity contribution in [3.8, 4) is 0 Å². The number of amidine groups is 1. The van der Waals surface area contributed by atoms with Crippen LogP contribution in [0.15, 0.2) is 34.2 Å². The average molecular weight is 415 g/mol. The first-order chi connectivity index (χ1) is 12.4. The van der Waals surface area contributed by atoms with Crippen LogP contribution < -0.4 is 10.0 Å². The molecule has 2 N–H and O–H groups in total. The Morgan fingerprint density at radius 3 is 2.81 bits per heavy atom. The highest BCUT2D eigenvalue weighted by Crippen LogP contribution is 2.23. The van der Waals surface area contributed by atoms with Crippen molar-refractivity contribution in [2.24, 2.45) is 4.99 Å². The molecule has 2 aliphatic rings. The van der Waals surface area contributed by atoms with Crippen LogP contribution in [0.25, 0.3) is 0 Å². The predicted octanol–water partition coefficient (Wildman–Crippen LogP) is 1.53. The van der Waals surface area contributed by atoms with Gasteiger partial charge in [0.2, 0.25) is 5.91 Å². The zero-order valence-corrected chi connectivity index (χ0v) is 17.3. The molecule has 0 spiro atoms. The standard InChI is InChI=1S/C18H26N4O3S.ClH/c1-3-4-8-15(18(23)22-11-10-19-13(2)12-22)20-17-14-7-5-6-9-16(14)26(24,25)21-17;/h5-7,9,13,15,19H,3-4,8,10-12H2,1-2H3,(H,20,21);1H. The van der Waals surface area contributed by atoms with Gasteiger partial charge in [0.15, 0.2) is 0 Å². The number of amides is 1. The topological polar surface area (TPSA) is 90.9 Å². The summed E-state index contributed by atoms with van der Waals surface area (Å²) in [6.07, 6.45) is 2.43. The van der Waals surface area contributed by atoms with E-state index in [1.54, 1.807) is 24.3 Å². The summed E-state index contributed by atoms with van der Waals surface area (Å²) in [5.74, 6) is 0.251. The third-order valence-corrected chi connectivity index (χ3v) is 6.14. The lowest BCUT2D eigenvalue weighted by molar-refractivity contribution is -0.133. The van der Waals surface area contributed by atoms with E-state index in [1.165, 1.54) is 0 Å². The number of nitrogens with one attached hydrogen (secondary N) is 2. The Hall–Kier alpha value is -1.64. The second-order valence-electron chi connectivity index (χ2n) is 6.88. The largest absolute Gasteiger partial charge is 0.338 e. The molecular weight excluding hydrogens is 388 g/mol. The van der Waals surface area contributed by atoms with Crippen molar-refractivity contribution in [2.75, 3.05) is 19.6 Å². The molecule has 1 aromatic carbocycles. The van der Waals surface area contributed by atoms with Gasteiger partial charge in [-0.05, 0) is 25.5 Å². The summed E-state index contributed by atoms with van der Waals surface area (Å²) in [5, 5.41) is 3.32. The van der Waals surface area contributed by atoms with E-state index in [1.807, 2.05) is 11.8 Å². The molecule has 2 heterocycles. The van der Waals surface area contributed by atoms with Crippen molar-refractivity contribution < 1.29 is 13.2 Å². The fourth-order valence-corrected chi connectivity index (χ4v) is 4.61. The molecule has 0 aromatic heterocycles. The van der Waals surface area contributed by atoms with E-state index >= 15 is 0 Å². The van der Waals surface area contributed by atoms with E-state index in [0.29, 0.717) is 25.1 Å². The van der Waals surface area contributed by atoms with Gasteiger partial charge in [-0.3, -0.25) is 14.5 Å². The summed E-state index contributed by atoms with van der Waals surface area (Å²) >= 11 is 0. The molecular formula is C18H27ClN4O3S. The van der Waals surface area contributed by atoms with E-state index in [-0.39, 0.29) is 35.1 Å². The maximum absolute atomic E-state index is 13.0. The van der Waals surface area contributed by atoms with Crippen molar-refractivity contribution >= 4 is 34.2 Å². The molecule has 0 saturated carbocycles. The van der Waals surface area contributed by atoms with Gasteiger partial charge in [-0.25, -0.2) is 8.42 Å².